The highest BCUT2D eigenvalue weighted by atomic mass is 35.5. The lowest BCUT2D eigenvalue weighted by Crippen LogP contribution is -2.55. The Morgan fingerprint density at radius 2 is 1.96 bits per heavy atom. The second-order valence-corrected chi connectivity index (χ2v) is 7.98. The van der Waals surface area contributed by atoms with Gasteiger partial charge in [-0.25, -0.2) is 4.79 Å². The molecule has 1 saturated heterocycles. The average Bonchev–Trinajstić information content (AvgIpc) is 2.49. The molecular formula is C19H29ClN2O4. The summed E-state index contributed by atoms with van der Waals surface area (Å²) in [7, 11) is 1.63. The largest absolute Gasteiger partial charge is 0.488 e. The minimum atomic E-state index is -0.509. The van der Waals surface area contributed by atoms with E-state index in [1.165, 1.54) is 0 Å². The number of nitrogens with zero attached hydrogens (tertiary/aromatic N) is 1. The van der Waals surface area contributed by atoms with Crippen LogP contribution in [0.5, 0.6) is 5.75 Å². The number of hydrogen-bond donors (Lipinski definition) is 1. The van der Waals surface area contributed by atoms with Gasteiger partial charge in [0, 0.05) is 31.8 Å². The fraction of sp³-hybridized carbons (Fsp3) is 0.632. The molecule has 1 heterocycles. The Balaban J connectivity index is 1.68. The van der Waals surface area contributed by atoms with Crippen molar-refractivity contribution < 1.29 is 19.0 Å². The number of carbonyl (C=O) groups excluding carboxylic acids is 1. The molecule has 146 valence electrons. The Morgan fingerprint density at radius 3 is 2.54 bits per heavy atom. The molecule has 1 N–H and O–H groups in total. The van der Waals surface area contributed by atoms with E-state index in [9.17, 15) is 4.79 Å². The van der Waals surface area contributed by atoms with E-state index in [2.05, 4.69) is 10.2 Å². The fourth-order valence-electron chi connectivity index (χ4n) is 2.70. The Bertz CT molecular complexity index is 568. The van der Waals surface area contributed by atoms with Gasteiger partial charge in [0.1, 0.15) is 17.5 Å². The number of rotatable bonds is 8. The second kappa shape index (κ2) is 9.44. The zero-order valence-electron chi connectivity index (χ0n) is 16.0. The molecule has 0 bridgehead atoms. The highest BCUT2D eigenvalue weighted by molar-refractivity contribution is 6.30. The molecule has 0 aromatic heterocycles. The molecule has 1 amide bonds. The molecular weight excluding hydrogens is 356 g/mol. The van der Waals surface area contributed by atoms with Gasteiger partial charge in [-0.3, -0.25) is 4.90 Å². The molecule has 1 fully saturated rings. The minimum absolute atomic E-state index is 0.0777. The summed E-state index contributed by atoms with van der Waals surface area (Å²) < 4.78 is 16.4. The number of benzene rings is 1. The summed E-state index contributed by atoms with van der Waals surface area (Å²) in [5, 5.41) is 3.58. The number of alkyl carbamates (subject to hydrolysis) is 1. The summed E-state index contributed by atoms with van der Waals surface area (Å²) in [6, 6.07) is 7.33. The molecule has 0 saturated carbocycles. The van der Waals surface area contributed by atoms with E-state index in [1.54, 1.807) is 7.11 Å². The first-order valence-corrected chi connectivity index (χ1v) is 9.26. The van der Waals surface area contributed by atoms with Crippen molar-refractivity contribution in [2.24, 2.45) is 0 Å². The lowest BCUT2D eigenvalue weighted by atomic mass is 10.1. The molecule has 0 spiro atoms. The van der Waals surface area contributed by atoms with Gasteiger partial charge in [0.15, 0.2) is 0 Å². The van der Waals surface area contributed by atoms with Crippen molar-refractivity contribution in [2.45, 2.75) is 44.9 Å². The van der Waals surface area contributed by atoms with E-state index in [4.69, 9.17) is 25.8 Å². The van der Waals surface area contributed by atoms with Crippen molar-refractivity contribution in [1.82, 2.24) is 10.2 Å². The monoisotopic (exact) mass is 384 g/mol. The second-order valence-electron chi connectivity index (χ2n) is 7.54. The van der Waals surface area contributed by atoms with Gasteiger partial charge in [-0.1, -0.05) is 11.6 Å². The van der Waals surface area contributed by atoms with E-state index in [-0.39, 0.29) is 12.1 Å². The van der Waals surface area contributed by atoms with Gasteiger partial charge in [0.05, 0.1) is 12.6 Å². The van der Waals surface area contributed by atoms with Gasteiger partial charge in [-0.05, 0) is 51.5 Å². The third-order valence-corrected chi connectivity index (χ3v) is 4.17. The maximum atomic E-state index is 11.9. The van der Waals surface area contributed by atoms with Crippen LogP contribution >= 0.6 is 11.6 Å². The van der Waals surface area contributed by atoms with Crippen molar-refractivity contribution in [3.05, 3.63) is 29.3 Å². The highest BCUT2D eigenvalue weighted by Gasteiger charge is 2.29. The summed E-state index contributed by atoms with van der Waals surface area (Å²) >= 11 is 5.87. The maximum absolute atomic E-state index is 11.9. The molecule has 0 radical (unpaired) electrons. The van der Waals surface area contributed by atoms with E-state index >= 15 is 0 Å². The highest BCUT2D eigenvalue weighted by Crippen LogP contribution is 2.20. The van der Waals surface area contributed by atoms with Crippen molar-refractivity contribution in [2.75, 3.05) is 33.4 Å². The maximum Gasteiger partial charge on any atom is 0.407 e. The zero-order valence-corrected chi connectivity index (χ0v) is 16.7. The number of likely N-dealkylation sites (tertiary alicyclic amines) is 1. The summed E-state index contributed by atoms with van der Waals surface area (Å²) in [5.74, 6) is 0.836. The third kappa shape index (κ3) is 7.40. The first kappa shape index (κ1) is 20.8. The van der Waals surface area contributed by atoms with Crippen LogP contribution in [-0.2, 0) is 9.47 Å². The normalized spacial score (nSPS) is 16.7. The van der Waals surface area contributed by atoms with Gasteiger partial charge in [0.2, 0.25) is 0 Å². The SMILES string of the molecule is COCC(CCN1CC(Oc2ccc(Cl)cc2)C1)NC(=O)OC(C)(C)C. The Labute approximate surface area is 160 Å². The van der Waals surface area contributed by atoms with Gasteiger partial charge in [-0.15, -0.1) is 0 Å². The van der Waals surface area contributed by atoms with Crippen LogP contribution in [0.1, 0.15) is 27.2 Å². The molecule has 1 aliphatic heterocycles. The van der Waals surface area contributed by atoms with Crippen LogP contribution in [-0.4, -0.2) is 62.1 Å². The number of hydrogen-bond acceptors (Lipinski definition) is 5. The van der Waals surface area contributed by atoms with Crippen molar-refractivity contribution >= 4 is 17.7 Å². The lowest BCUT2D eigenvalue weighted by Gasteiger charge is -2.39. The van der Waals surface area contributed by atoms with Crippen LogP contribution in [0.2, 0.25) is 5.02 Å². The third-order valence-electron chi connectivity index (χ3n) is 3.92. The molecule has 1 unspecified atom stereocenters. The predicted molar refractivity (Wildman–Crippen MR) is 102 cm³/mol. The molecule has 7 heteroatoms. The number of amides is 1. The summed E-state index contributed by atoms with van der Waals surface area (Å²) in [6.45, 7) is 8.60. The van der Waals surface area contributed by atoms with Crippen LogP contribution in [0.15, 0.2) is 24.3 Å². The van der Waals surface area contributed by atoms with Crippen molar-refractivity contribution in [3.8, 4) is 5.75 Å². The lowest BCUT2D eigenvalue weighted by molar-refractivity contribution is 0.0140. The van der Waals surface area contributed by atoms with E-state index in [0.717, 1.165) is 31.8 Å². The molecule has 2 rings (SSSR count). The van der Waals surface area contributed by atoms with Gasteiger partial charge < -0.3 is 19.5 Å². The van der Waals surface area contributed by atoms with Crippen LogP contribution in [0.3, 0.4) is 0 Å². The fourth-order valence-corrected chi connectivity index (χ4v) is 2.82. The van der Waals surface area contributed by atoms with Crippen LogP contribution in [0.4, 0.5) is 4.79 Å². The smallest absolute Gasteiger partial charge is 0.407 e. The first-order chi connectivity index (χ1) is 12.2. The number of ether oxygens (including phenoxy) is 3. The number of halogens is 1. The first-order valence-electron chi connectivity index (χ1n) is 8.88. The average molecular weight is 385 g/mol. The van der Waals surface area contributed by atoms with Gasteiger partial charge in [-0.2, -0.15) is 0 Å². The molecule has 0 aliphatic carbocycles. The standard InChI is InChI=1S/C19H29ClN2O4/c1-19(2,3)26-18(23)21-15(13-24-4)9-10-22-11-17(12-22)25-16-7-5-14(20)6-8-16/h5-8,15,17H,9-13H2,1-4H3,(H,21,23). The van der Waals surface area contributed by atoms with Crippen LogP contribution < -0.4 is 10.1 Å². The molecule has 1 aromatic rings. The molecule has 1 atom stereocenters. The van der Waals surface area contributed by atoms with E-state index in [1.807, 2.05) is 45.0 Å². The Morgan fingerprint density at radius 1 is 1.31 bits per heavy atom. The van der Waals surface area contributed by atoms with Gasteiger partial charge in [0.25, 0.3) is 0 Å². The molecule has 1 aliphatic rings. The number of nitrogens with one attached hydrogen (secondary N) is 1. The molecule has 26 heavy (non-hydrogen) atoms. The molecule has 6 nitrogen and oxygen atoms in total. The Kier molecular flexibility index (Phi) is 7.55. The van der Waals surface area contributed by atoms with Crippen LogP contribution in [0.25, 0.3) is 0 Å². The summed E-state index contributed by atoms with van der Waals surface area (Å²) in [5.41, 5.74) is -0.509. The zero-order chi connectivity index (χ0) is 19.2. The van der Waals surface area contributed by atoms with Gasteiger partial charge >= 0.3 is 6.09 Å². The molecule has 1 aromatic carbocycles. The predicted octanol–water partition coefficient (Wildman–Crippen LogP) is 3.33. The van der Waals surface area contributed by atoms with E-state index in [0.29, 0.717) is 11.6 Å². The van der Waals surface area contributed by atoms with Crippen molar-refractivity contribution in [3.63, 3.8) is 0 Å². The quantitative estimate of drug-likeness (QED) is 0.744. The van der Waals surface area contributed by atoms with Crippen molar-refractivity contribution in [1.29, 1.82) is 0 Å². The summed E-state index contributed by atoms with van der Waals surface area (Å²) in [6.07, 6.45) is 0.573. The minimum Gasteiger partial charge on any atom is -0.488 e. The van der Waals surface area contributed by atoms with E-state index < -0.39 is 11.7 Å². The summed E-state index contributed by atoms with van der Waals surface area (Å²) in [4.78, 5) is 14.2. The van der Waals surface area contributed by atoms with Crippen LogP contribution in [0, 0.1) is 0 Å². The number of methoxy groups -OCH3 is 1. The number of carbonyl (C=O) groups is 1. The Hall–Kier alpha value is -1.50. The topological polar surface area (TPSA) is 60.0 Å².